The van der Waals surface area contributed by atoms with Crippen LogP contribution in [0.25, 0.3) is 0 Å². The van der Waals surface area contributed by atoms with Gasteiger partial charge >= 0.3 is 5.97 Å². The van der Waals surface area contributed by atoms with Crippen molar-refractivity contribution in [2.45, 2.75) is 18.9 Å². The number of carbonyl (C=O) groups is 3. The van der Waals surface area contributed by atoms with Gasteiger partial charge in [0, 0.05) is 11.9 Å². The minimum Gasteiger partial charge on any atom is -0.480 e. The molecule has 2 aromatic rings. The molecule has 9 heteroatoms. The summed E-state index contributed by atoms with van der Waals surface area (Å²) >= 11 is 1.09. The van der Waals surface area contributed by atoms with Gasteiger partial charge in [0.2, 0.25) is 0 Å². The first-order chi connectivity index (χ1) is 11.1. The van der Waals surface area contributed by atoms with Gasteiger partial charge in [-0.05, 0) is 25.0 Å². The molecule has 0 radical (unpaired) electrons. The van der Waals surface area contributed by atoms with Crippen molar-refractivity contribution >= 4 is 34.3 Å². The van der Waals surface area contributed by atoms with E-state index in [1.165, 1.54) is 22.6 Å². The highest BCUT2D eigenvalue weighted by atomic mass is 32.1. The van der Waals surface area contributed by atoms with Gasteiger partial charge in [-0.15, -0.1) is 11.3 Å². The van der Waals surface area contributed by atoms with Gasteiger partial charge in [0.15, 0.2) is 10.9 Å². The molecule has 23 heavy (non-hydrogen) atoms. The van der Waals surface area contributed by atoms with Crippen molar-refractivity contribution in [2.24, 2.45) is 0 Å². The highest BCUT2D eigenvalue weighted by molar-refractivity contribution is 7.14. The second kappa shape index (κ2) is 6.21. The number of nitrogens with zero attached hydrogens (tertiary/aromatic N) is 2. The van der Waals surface area contributed by atoms with Crippen LogP contribution < -0.4 is 5.32 Å². The number of carbonyl (C=O) groups excluding carboxylic acids is 2. The molecular weight excluding hydrogens is 322 g/mol. The third kappa shape index (κ3) is 3.09. The van der Waals surface area contributed by atoms with Crippen LogP contribution in [-0.4, -0.2) is 45.4 Å². The van der Waals surface area contributed by atoms with E-state index in [1.807, 2.05) is 0 Å². The van der Waals surface area contributed by atoms with Crippen LogP contribution in [0.5, 0.6) is 0 Å². The number of hydrogen-bond donors (Lipinski definition) is 2. The summed E-state index contributed by atoms with van der Waals surface area (Å²) in [5.41, 5.74) is 0.123. The first-order valence-corrected chi connectivity index (χ1v) is 7.78. The number of amides is 2. The van der Waals surface area contributed by atoms with Gasteiger partial charge in [-0.2, -0.15) is 0 Å². The second-order valence-corrected chi connectivity index (χ2v) is 5.82. The molecule has 1 unspecified atom stereocenters. The summed E-state index contributed by atoms with van der Waals surface area (Å²) in [5.74, 6) is -1.78. The lowest BCUT2D eigenvalue weighted by molar-refractivity contribution is -0.141. The monoisotopic (exact) mass is 335 g/mol. The number of anilines is 1. The molecule has 0 aromatic carbocycles. The highest BCUT2D eigenvalue weighted by Crippen LogP contribution is 2.23. The van der Waals surface area contributed by atoms with Gasteiger partial charge in [0.1, 0.15) is 11.7 Å². The Bertz CT molecular complexity index is 739. The van der Waals surface area contributed by atoms with Gasteiger partial charge in [-0.1, -0.05) is 0 Å². The Labute approximate surface area is 134 Å². The molecule has 120 valence electrons. The molecule has 0 aliphatic carbocycles. The van der Waals surface area contributed by atoms with Gasteiger partial charge in [0.25, 0.3) is 11.8 Å². The minimum absolute atomic E-state index is 0.123. The van der Waals surface area contributed by atoms with Crippen molar-refractivity contribution in [3.8, 4) is 0 Å². The van der Waals surface area contributed by atoms with Crippen LogP contribution >= 0.6 is 11.3 Å². The molecule has 0 bridgehead atoms. The first-order valence-electron chi connectivity index (χ1n) is 6.90. The number of hydrogen-bond acceptors (Lipinski definition) is 6. The molecule has 0 saturated carbocycles. The van der Waals surface area contributed by atoms with Crippen molar-refractivity contribution in [1.82, 2.24) is 9.88 Å². The number of likely N-dealkylation sites (tertiary alicyclic amines) is 1. The number of thiazole rings is 1. The summed E-state index contributed by atoms with van der Waals surface area (Å²) in [4.78, 5) is 40.7. The predicted molar refractivity (Wildman–Crippen MR) is 80.5 cm³/mol. The van der Waals surface area contributed by atoms with Gasteiger partial charge < -0.3 is 14.4 Å². The highest BCUT2D eigenvalue weighted by Gasteiger charge is 2.35. The average Bonchev–Trinajstić information content (AvgIpc) is 3.26. The lowest BCUT2D eigenvalue weighted by atomic mass is 10.2. The summed E-state index contributed by atoms with van der Waals surface area (Å²) in [6.45, 7) is 0.390. The number of carboxylic acids is 1. The normalized spacial score (nSPS) is 17.2. The van der Waals surface area contributed by atoms with E-state index in [1.54, 1.807) is 6.07 Å². The molecular formula is C14H13N3O5S. The number of nitrogens with one attached hydrogen (secondary N) is 1. The molecule has 3 rings (SSSR count). The van der Waals surface area contributed by atoms with E-state index in [-0.39, 0.29) is 16.6 Å². The smallest absolute Gasteiger partial charge is 0.326 e. The summed E-state index contributed by atoms with van der Waals surface area (Å²) < 4.78 is 4.97. The SMILES string of the molecule is O=C(Nc1nc(C(=O)N2CCCC2C(=O)O)cs1)c1ccco1. The summed E-state index contributed by atoms with van der Waals surface area (Å²) in [7, 11) is 0. The Kier molecular flexibility index (Phi) is 4.11. The zero-order valence-electron chi connectivity index (χ0n) is 11.9. The van der Waals surface area contributed by atoms with Crippen LogP contribution in [0.1, 0.15) is 33.9 Å². The van der Waals surface area contributed by atoms with Crippen molar-refractivity contribution in [3.05, 3.63) is 35.2 Å². The van der Waals surface area contributed by atoms with Gasteiger partial charge in [0.05, 0.1) is 6.26 Å². The molecule has 2 aromatic heterocycles. The van der Waals surface area contributed by atoms with Gasteiger partial charge in [-0.3, -0.25) is 14.9 Å². The zero-order valence-corrected chi connectivity index (χ0v) is 12.7. The van der Waals surface area contributed by atoms with Crippen molar-refractivity contribution in [1.29, 1.82) is 0 Å². The van der Waals surface area contributed by atoms with E-state index in [4.69, 9.17) is 9.52 Å². The maximum absolute atomic E-state index is 12.4. The predicted octanol–water partition coefficient (Wildman–Crippen LogP) is 1.68. The lowest BCUT2D eigenvalue weighted by Crippen LogP contribution is -2.40. The van der Waals surface area contributed by atoms with E-state index < -0.39 is 23.8 Å². The van der Waals surface area contributed by atoms with E-state index in [2.05, 4.69) is 10.3 Å². The number of furan rings is 1. The van der Waals surface area contributed by atoms with Crippen molar-refractivity contribution in [3.63, 3.8) is 0 Å². The molecule has 1 saturated heterocycles. The van der Waals surface area contributed by atoms with Crippen LogP contribution in [0.2, 0.25) is 0 Å². The number of rotatable bonds is 4. The third-order valence-corrected chi connectivity index (χ3v) is 4.25. The fourth-order valence-corrected chi connectivity index (χ4v) is 3.09. The Morgan fingerprint density at radius 1 is 1.43 bits per heavy atom. The molecule has 1 aliphatic heterocycles. The fourth-order valence-electron chi connectivity index (χ4n) is 2.41. The second-order valence-electron chi connectivity index (χ2n) is 4.96. The molecule has 2 amide bonds. The van der Waals surface area contributed by atoms with E-state index >= 15 is 0 Å². The van der Waals surface area contributed by atoms with Crippen LogP contribution in [-0.2, 0) is 4.79 Å². The molecule has 3 heterocycles. The molecule has 1 aliphatic rings. The summed E-state index contributed by atoms with van der Waals surface area (Å²) in [5, 5.41) is 13.4. The lowest BCUT2D eigenvalue weighted by Gasteiger charge is -2.20. The van der Waals surface area contributed by atoms with Crippen LogP contribution in [0, 0.1) is 0 Å². The topological polar surface area (TPSA) is 113 Å². The summed E-state index contributed by atoms with van der Waals surface area (Å²) in [6, 6.07) is 2.28. The Hall–Kier alpha value is -2.68. The average molecular weight is 335 g/mol. The maximum atomic E-state index is 12.4. The first kappa shape index (κ1) is 15.2. The number of aliphatic carboxylic acids is 1. The van der Waals surface area contributed by atoms with E-state index in [0.29, 0.717) is 19.4 Å². The van der Waals surface area contributed by atoms with Gasteiger partial charge in [-0.25, -0.2) is 9.78 Å². The molecule has 2 N–H and O–H groups in total. The quantitative estimate of drug-likeness (QED) is 0.879. The molecule has 1 fully saturated rings. The number of carboxylic acid groups (broad SMARTS) is 1. The zero-order chi connectivity index (χ0) is 16.4. The standard InChI is InChI=1S/C14H13N3O5S/c18-11(10-4-2-6-22-10)16-14-15-8(7-23-14)12(19)17-5-1-3-9(17)13(20)21/h2,4,6-7,9H,1,3,5H2,(H,20,21)(H,15,16,18). The molecule has 8 nitrogen and oxygen atoms in total. The summed E-state index contributed by atoms with van der Waals surface area (Å²) in [6.07, 6.45) is 2.47. The van der Waals surface area contributed by atoms with E-state index in [0.717, 1.165) is 11.3 Å². The Morgan fingerprint density at radius 3 is 2.96 bits per heavy atom. The van der Waals surface area contributed by atoms with Crippen molar-refractivity contribution < 1.29 is 23.9 Å². The van der Waals surface area contributed by atoms with Crippen LogP contribution in [0.3, 0.4) is 0 Å². The van der Waals surface area contributed by atoms with Crippen LogP contribution in [0.4, 0.5) is 5.13 Å². The Balaban J connectivity index is 1.70. The minimum atomic E-state index is -1.02. The molecule has 0 spiro atoms. The third-order valence-electron chi connectivity index (χ3n) is 3.49. The largest absolute Gasteiger partial charge is 0.480 e. The van der Waals surface area contributed by atoms with Crippen LogP contribution in [0.15, 0.2) is 28.2 Å². The number of aromatic nitrogens is 1. The maximum Gasteiger partial charge on any atom is 0.326 e. The van der Waals surface area contributed by atoms with Crippen molar-refractivity contribution in [2.75, 3.05) is 11.9 Å². The molecule has 1 atom stereocenters. The van der Waals surface area contributed by atoms with E-state index in [9.17, 15) is 14.4 Å². The Morgan fingerprint density at radius 2 is 2.26 bits per heavy atom. The fraction of sp³-hybridized carbons (Fsp3) is 0.286.